The maximum absolute atomic E-state index is 11.9. The molecule has 5 heteroatoms. The molecule has 0 amide bonds. The van der Waals surface area contributed by atoms with Crippen molar-refractivity contribution < 1.29 is 9.90 Å². The first-order valence-electron chi connectivity index (χ1n) is 8.74. The van der Waals surface area contributed by atoms with Gasteiger partial charge in [0.2, 0.25) is 0 Å². The third-order valence-electron chi connectivity index (χ3n) is 4.83. The standard InChI is InChI=1S/C22H19N3O2/c1-14-9-10-17(19-8-4-3-7-18(14)19)13-25-20(22(26)27)15(2)24-21(25)16-6-5-11-23-12-16/h3-12H,13H2,1-2H3,(H,26,27). The highest BCUT2D eigenvalue weighted by atomic mass is 16.4. The lowest BCUT2D eigenvalue weighted by molar-refractivity contribution is 0.0685. The molecule has 0 aliphatic rings. The number of aryl methyl sites for hydroxylation is 2. The van der Waals surface area contributed by atoms with Crippen LogP contribution in [0.4, 0.5) is 0 Å². The SMILES string of the molecule is Cc1nc(-c2cccnc2)n(Cc2ccc(C)c3ccccc23)c1C(=O)O. The molecule has 4 aromatic rings. The molecule has 0 saturated heterocycles. The lowest BCUT2D eigenvalue weighted by Gasteiger charge is -2.14. The Balaban J connectivity index is 1.92. The summed E-state index contributed by atoms with van der Waals surface area (Å²) in [7, 11) is 0. The zero-order valence-electron chi connectivity index (χ0n) is 15.2. The van der Waals surface area contributed by atoms with Gasteiger partial charge in [0.15, 0.2) is 5.69 Å². The molecule has 2 aromatic carbocycles. The smallest absolute Gasteiger partial charge is 0.354 e. The van der Waals surface area contributed by atoms with Crippen LogP contribution in [0, 0.1) is 13.8 Å². The molecule has 0 radical (unpaired) electrons. The average Bonchev–Trinajstić information content (AvgIpc) is 3.01. The van der Waals surface area contributed by atoms with Crippen LogP contribution in [0.1, 0.15) is 27.3 Å². The van der Waals surface area contributed by atoms with Crippen LogP contribution in [-0.4, -0.2) is 25.6 Å². The number of aromatic nitrogens is 3. The van der Waals surface area contributed by atoms with E-state index >= 15 is 0 Å². The van der Waals surface area contributed by atoms with Crippen molar-refractivity contribution in [1.29, 1.82) is 0 Å². The third kappa shape index (κ3) is 2.97. The summed E-state index contributed by atoms with van der Waals surface area (Å²) in [5, 5.41) is 12.1. The highest BCUT2D eigenvalue weighted by Gasteiger charge is 2.22. The van der Waals surface area contributed by atoms with Crippen LogP contribution in [0.15, 0.2) is 60.9 Å². The molecule has 4 rings (SSSR count). The van der Waals surface area contributed by atoms with E-state index in [0.29, 0.717) is 18.1 Å². The summed E-state index contributed by atoms with van der Waals surface area (Å²) in [6.45, 7) is 4.23. The minimum Gasteiger partial charge on any atom is -0.477 e. The van der Waals surface area contributed by atoms with Crippen molar-refractivity contribution in [2.45, 2.75) is 20.4 Å². The number of pyridine rings is 1. The van der Waals surface area contributed by atoms with Gasteiger partial charge in [-0.05, 0) is 47.9 Å². The fourth-order valence-electron chi connectivity index (χ4n) is 3.53. The van der Waals surface area contributed by atoms with Gasteiger partial charge in [0, 0.05) is 18.0 Å². The molecule has 0 spiro atoms. The van der Waals surface area contributed by atoms with Gasteiger partial charge >= 0.3 is 5.97 Å². The van der Waals surface area contributed by atoms with Crippen molar-refractivity contribution in [3.05, 3.63) is 83.4 Å². The van der Waals surface area contributed by atoms with E-state index in [2.05, 4.69) is 41.2 Å². The molecule has 5 nitrogen and oxygen atoms in total. The Hall–Kier alpha value is -3.47. The number of carbonyl (C=O) groups is 1. The fraction of sp³-hybridized carbons (Fsp3) is 0.136. The number of aromatic carboxylic acids is 1. The molecule has 2 aromatic heterocycles. The van der Waals surface area contributed by atoms with Crippen LogP contribution in [0.5, 0.6) is 0 Å². The molecule has 0 aliphatic carbocycles. The van der Waals surface area contributed by atoms with E-state index in [9.17, 15) is 9.90 Å². The van der Waals surface area contributed by atoms with Gasteiger partial charge < -0.3 is 9.67 Å². The van der Waals surface area contributed by atoms with E-state index in [1.54, 1.807) is 23.9 Å². The van der Waals surface area contributed by atoms with Crippen molar-refractivity contribution in [3.63, 3.8) is 0 Å². The molecule has 1 N–H and O–H groups in total. The summed E-state index contributed by atoms with van der Waals surface area (Å²) in [6, 6.07) is 16.0. The Bertz CT molecular complexity index is 1150. The molecule has 2 heterocycles. The molecular formula is C22H19N3O2. The minimum atomic E-state index is -0.980. The zero-order valence-corrected chi connectivity index (χ0v) is 15.2. The normalized spacial score (nSPS) is 11.0. The van der Waals surface area contributed by atoms with Crippen molar-refractivity contribution >= 4 is 16.7 Å². The number of imidazole rings is 1. The molecule has 0 unspecified atom stereocenters. The second-order valence-electron chi connectivity index (χ2n) is 6.59. The number of carboxylic acid groups (broad SMARTS) is 1. The number of benzene rings is 2. The summed E-state index contributed by atoms with van der Waals surface area (Å²) in [5.74, 6) is -0.366. The number of hydrogen-bond acceptors (Lipinski definition) is 3. The molecule has 0 bridgehead atoms. The van der Waals surface area contributed by atoms with Crippen molar-refractivity contribution in [3.8, 4) is 11.4 Å². The molecule has 0 saturated carbocycles. The van der Waals surface area contributed by atoms with Gasteiger partial charge in [-0.1, -0.05) is 36.4 Å². The lowest BCUT2D eigenvalue weighted by Crippen LogP contribution is -2.12. The van der Waals surface area contributed by atoms with Crippen LogP contribution in [0.2, 0.25) is 0 Å². The minimum absolute atomic E-state index is 0.207. The van der Waals surface area contributed by atoms with E-state index < -0.39 is 5.97 Å². The number of nitrogens with zero attached hydrogens (tertiary/aromatic N) is 3. The zero-order chi connectivity index (χ0) is 19.0. The quantitative estimate of drug-likeness (QED) is 0.585. The van der Waals surface area contributed by atoms with Gasteiger partial charge in [0.1, 0.15) is 5.82 Å². The van der Waals surface area contributed by atoms with Crippen molar-refractivity contribution in [2.75, 3.05) is 0 Å². The largest absolute Gasteiger partial charge is 0.477 e. The van der Waals surface area contributed by atoms with E-state index in [1.807, 2.05) is 24.3 Å². The van der Waals surface area contributed by atoms with E-state index in [4.69, 9.17) is 0 Å². The molecular weight excluding hydrogens is 338 g/mol. The Morgan fingerprint density at radius 3 is 2.52 bits per heavy atom. The summed E-state index contributed by atoms with van der Waals surface area (Å²) in [6.07, 6.45) is 3.40. The topological polar surface area (TPSA) is 68.0 Å². The highest BCUT2D eigenvalue weighted by molar-refractivity contribution is 5.90. The number of rotatable bonds is 4. The second-order valence-corrected chi connectivity index (χ2v) is 6.59. The summed E-state index contributed by atoms with van der Waals surface area (Å²) in [4.78, 5) is 20.6. The van der Waals surface area contributed by atoms with E-state index in [-0.39, 0.29) is 5.69 Å². The third-order valence-corrected chi connectivity index (χ3v) is 4.83. The monoisotopic (exact) mass is 357 g/mol. The van der Waals surface area contributed by atoms with Crippen LogP contribution in [0.25, 0.3) is 22.2 Å². The van der Waals surface area contributed by atoms with Crippen molar-refractivity contribution in [2.24, 2.45) is 0 Å². The Labute approximate surface area is 157 Å². The van der Waals surface area contributed by atoms with Gasteiger partial charge in [-0.3, -0.25) is 4.98 Å². The van der Waals surface area contributed by atoms with Crippen LogP contribution < -0.4 is 0 Å². The molecule has 0 fully saturated rings. The van der Waals surface area contributed by atoms with Gasteiger partial charge in [-0.2, -0.15) is 0 Å². The van der Waals surface area contributed by atoms with Crippen LogP contribution in [-0.2, 0) is 6.54 Å². The Morgan fingerprint density at radius 1 is 1.04 bits per heavy atom. The predicted molar refractivity (Wildman–Crippen MR) is 105 cm³/mol. The van der Waals surface area contributed by atoms with Crippen LogP contribution in [0.3, 0.4) is 0 Å². The Kier molecular flexibility index (Phi) is 4.20. The Morgan fingerprint density at radius 2 is 1.81 bits per heavy atom. The van der Waals surface area contributed by atoms with Crippen molar-refractivity contribution in [1.82, 2.24) is 14.5 Å². The number of hydrogen-bond donors (Lipinski definition) is 1. The summed E-state index contributed by atoms with van der Waals surface area (Å²) >= 11 is 0. The first-order valence-corrected chi connectivity index (χ1v) is 8.74. The fourth-order valence-corrected chi connectivity index (χ4v) is 3.53. The molecule has 134 valence electrons. The summed E-state index contributed by atoms with van der Waals surface area (Å²) < 4.78 is 1.77. The predicted octanol–water partition coefficient (Wildman–Crippen LogP) is 4.46. The van der Waals surface area contributed by atoms with Crippen LogP contribution >= 0.6 is 0 Å². The first kappa shape index (κ1) is 17.0. The van der Waals surface area contributed by atoms with Gasteiger partial charge in [0.05, 0.1) is 12.2 Å². The highest BCUT2D eigenvalue weighted by Crippen LogP contribution is 2.27. The maximum Gasteiger partial charge on any atom is 0.354 e. The van der Waals surface area contributed by atoms with Gasteiger partial charge in [0.25, 0.3) is 0 Å². The first-order chi connectivity index (χ1) is 13.1. The molecule has 0 atom stereocenters. The average molecular weight is 357 g/mol. The molecule has 0 aliphatic heterocycles. The van der Waals surface area contributed by atoms with E-state index in [1.165, 1.54) is 10.9 Å². The van der Waals surface area contributed by atoms with Gasteiger partial charge in [-0.25, -0.2) is 9.78 Å². The lowest BCUT2D eigenvalue weighted by atomic mass is 10.00. The number of fused-ring (bicyclic) bond motifs is 1. The second kappa shape index (κ2) is 6.68. The van der Waals surface area contributed by atoms with Gasteiger partial charge in [-0.15, -0.1) is 0 Å². The molecule has 27 heavy (non-hydrogen) atoms. The maximum atomic E-state index is 11.9. The van der Waals surface area contributed by atoms with E-state index in [0.717, 1.165) is 16.5 Å². The number of carboxylic acids is 1. The summed E-state index contributed by atoms with van der Waals surface area (Å²) in [5.41, 5.74) is 3.75.